The Morgan fingerprint density at radius 2 is 2.17 bits per heavy atom. The molecule has 18 heavy (non-hydrogen) atoms. The molecule has 100 valence electrons. The minimum atomic E-state index is -0.105. The van der Waals surface area contributed by atoms with Gasteiger partial charge in [-0.3, -0.25) is 9.78 Å². The second kappa shape index (κ2) is 8.13. The summed E-state index contributed by atoms with van der Waals surface area (Å²) in [5, 5.41) is 3.30. The molecule has 1 aromatic rings. The minimum Gasteiger partial charge on any atom is -0.373 e. The number of Topliss-reactive ketones (excluding diaryl/α,β-unsaturated/α-hetero) is 1. The van der Waals surface area contributed by atoms with Crippen LogP contribution in [0.1, 0.15) is 23.3 Å². The van der Waals surface area contributed by atoms with Crippen LogP contribution in [0.15, 0.2) is 18.6 Å². The third-order valence-electron chi connectivity index (χ3n) is 2.89. The second-order valence-corrected chi connectivity index (χ2v) is 4.22. The van der Waals surface area contributed by atoms with Gasteiger partial charge in [0.2, 0.25) is 5.78 Å². The van der Waals surface area contributed by atoms with E-state index < -0.39 is 0 Å². The van der Waals surface area contributed by atoms with Gasteiger partial charge in [-0.1, -0.05) is 0 Å². The van der Waals surface area contributed by atoms with Gasteiger partial charge in [-0.2, -0.15) is 0 Å². The average Bonchev–Trinajstić information content (AvgIpc) is 2.41. The Hall–Kier alpha value is -1.04. The van der Waals surface area contributed by atoms with Crippen LogP contribution in [-0.4, -0.2) is 42.1 Å². The molecule has 5 nitrogen and oxygen atoms in total. The summed E-state index contributed by atoms with van der Waals surface area (Å²) in [5.41, 5.74) is 0.373. The number of hydrogen-bond acceptors (Lipinski definition) is 5. The van der Waals surface area contributed by atoms with Crippen molar-refractivity contribution in [2.24, 2.45) is 5.92 Å². The van der Waals surface area contributed by atoms with Crippen LogP contribution in [0.5, 0.6) is 0 Å². The molecule has 1 aliphatic rings. The van der Waals surface area contributed by atoms with Crippen molar-refractivity contribution in [3.63, 3.8) is 0 Å². The SMILES string of the molecule is Cl.O=C(COCC1CCNCC1)c1cnccn1. The van der Waals surface area contributed by atoms with Gasteiger partial charge in [-0.05, 0) is 31.8 Å². The number of rotatable bonds is 5. The molecule has 0 saturated carbocycles. The van der Waals surface area contributed by atoms with Gasteiger partial charge in [0.05, 0.1) is 12.8 Å². The quantitative estimate of drug-likeness (QED) is 0.813. The summed E-state index contributed by atoms with van der Waals surface area (Å²) in [6.07, 6.45) is 6.78. The first-order chi connectivity index (χ1) is 8.36. The summed E-state index contributed by atoms with van der Waals surface area (Å²) in [4.78, 5) is 19.4. The number of halogens is 1. The lowest BCUT2D eigenvalue weighted by molar-refractivity contribution is 0.0634. The number of ketones is 1. The first kappa shape index (κ1) is 15.0. The van der Waals surface area contributed by atoms with E-state index in [1.165, 1.54) is 12.4 Å². The van der Waals surface area contributed by atoms with Gasteiger partial charge in [0.15, 0.2) is 0 Å². The van der Waals surface area contributed by atoms with Crippen molar-refractivity contribution in [3.8, 4) is 0 Å². The standard InChI is InChI=1S/C12H17N3O2.ClH/c16-12(11-7-14-5-6-15-11)9-17-8-10-1-3-13-4-2-10;/h5-7,10,13H,1-4,8-9H2;1H. The monoisotopic (exact) mass is 271 g/mol. The zero-order valence-electron chi connectivity index (χ0n) is 10.2. The summed E-state index contributed by atoms with van der Waals surface area (Å²) in [7, 11) is 0. The van der Waals surface area contributed by atoms with Crippen molar-refractivity contribution in [3.05, 3.63) is 24.3 Å². The van der Waals surface area contributed by atoms with Crippen LogP contribution in [-0.2, 0) is 4.74 Å². The molecule has 1 aromatic heterocycles. The molecule has 2 rings (SSSR count). The summed E-state index contributed by atoms with van der Waals surface area (Å²) in [6, 6.07) is 0. The van der Waals surface area contributed by atoms with Crippen molar-refractivity contribution >= 4 is 18.2 Å². The molecule has 1 aliphatic heterocycles. The molecule has 6 heteroatoms. The van der Waals surface area contributed by atoms with Crippen molar-refractivity contribution in [1.29, 1.82) is 0 Å². The van der Waals surface area contributed by atoms with Gasteiger partial charge in [-0.15, -0.1) is 12.4 Å². The predicted molar refractivity (Wildman–Crippen MR) is 70.0 cm³/mol. The molecule has 0 bridgehead atoms. The highest BCUT2D eigenvalue weighted by Crippen LogP contribution is 2.11. The molecule has 0 atom stereocenters. The normalized spacial score (nSPS) is 16.0. The Bertz CT molecular complexity index is 356. The lowest BCUT2D eigenvalue weighted by Crippen LogP contribution is -2.30. The highest BCUT2D eigenvalue weighted by Gasteiger charge is 2.14. The summed E-state index contributed by atoms with van der Waals surface area (Å²) in [6.45, 7) is 2.86. The second-order valence-electron chi connectivity index (χ2n) is 4.22. The van der Waals surface area contributed by atoms with Gasteiger partial charge in [0.1, 0.15) is 12.3 Å². The number of hydrogen-bond donors (Lipinski definition) is 1. The van der Waals surface area contributed by atoms with Crippen molar-refractivity contribution in [2.75, 3.05) is 26.3 Å². The fourth-order valence-electron chi connectivity index (χ4n) is 1.88. The number of ether oxygens (including phenoxy) is 1. The predicted octanol–water partition coefficient (Wildman–Crippen LogP) is 1.10. The topological polar surface area (TPSA) is 64.1 Å². The highest BCUT2D eigenvalue weighted by molar-refractivity contribution is 5.94. The van der Waals surface area contributed by atoms with Crippen LogP contribution in [0.2, 0.25) is 0 Å². The maximum Gasteiger partial charge on any atom is 0.208 e. The van der Waals surface area contributed by atoms with E-state index in [1.807, 2.05) is 0 Å². The fourth-order valence-corrected chi connectivity index (χ4v) is 1.88. The molecular formula is C12H18ClN3O2. The number of carbonyl (C=O) groups is 1. The maximum absolute atomic E-state index is 11.6. The van der Waals surface area contributed by atoms with E-state index in [9.17, 15) is 4.79 Å². The van der Waals surface area contributed by atoms with E-state index in [-0.39, 0.29) is 24.8 Å². The molecule has 2 heterocycles. The summed E-state index contributed by atoms with van der Waals surface area (Å²) >= 11 is 0. The zero-order valence-corrected chi connectivity index (χ0v) is 11.0. The van der Waals surface area contributed by atoms with Crippen LogP contribution < -0.4 is 5.32 Å². The average molecular weight is 272 g/mol. The molecule has 0 spiro atoms. The van der Waals surface area contributed by atoms with E-state index in [0.717, 1.165) is 25.9 Å². The van der Waals surface area contributed by atoms with Gasteiger partial charge in [-0.25, -0.2) is 4.98 Å². The number of carbonyl (C=O) groups excluding carboxylic acids is 1. The number of aromatic nitrogens is 2. The minimum absolute atomic E-state index is 0. The fraction of sp³-hybridized carbons (Fsp3) is 0.583. The maximum atomic E-state index is 11.6. The lowest BCUT2D eigenvalue weighted by atomic mass is 9.99. The number of nitrogens with zero attached hydrogens (tertiary/aromatic N) is 2. The van der Waals surface area contributed by atoms with Gasteiger partial charge in [0.25, 0.3) is 0 Å². The van der Waals surface area contributed by atoms with Crippen LogP contribution in [0.25, 0.3) is 0 Å². The van der Waals surface area contributed by atoms with Gasteiger partial charge in [0, 0.05) is 12.4 Å². The number of piperidine rings is 1. The molecule has 0 amide bonds. The van der Waals surface area contributed by atoms with Crippen molar-refractivity contribution in [2.45, 2.75) is 12.8 Å². The summed E-state index contributed by atoms with van der Waals surface area (Å²) in [5.74, 6) is 0.470. The van der Waals surface area contributed by atoms with Crippen LogP contribution in [0, 0.1) is 5.92 Å². The van der Waals surface area contributed by atoms with E-state index >= 15 is 0 Å². The highest BCUT2D eigenvalue weighted by atomic mass is 35.5. The Morgan fingerprint density at radius 3 is 2.83 bits per heavy atom. The Balaban J connectivity index is 0.00000162. The van der Waals surface area contributed by atoms with Crippen molar-refractivity contribution in [1.82, 2.24) is 15.3 Å². The van der Waals surface area contributed by atoms with E-state index in [4.69, 9.17) is 4.74 Å². The molecule has 1 fully saturated rings. The number of nitrogens with one attached hydrogen (secondary N) is 1. The molecular weight excluding hydrogens is 254 g/mol. The Morgan fingerprint density at radius 1 is 1.39 bits per heavy atom. The van der Waals surface area contributed by atoms with E-state index in [2.05, 4.69) is 15.3 Å². The van der Waals surface area contributed by atoms with Crippen LogP contribution in [0.4, 0.5) is 0 Å². The first-order valence-electron chi connectivity index (χ1n) is 5.94. The molecule has 1 saturated heterocycles. The smallest absolute Gasteiger partial charge is 0.208 e. The zero-order chi connectivity index (χ0) is 11.9. The molecule has 0 unspecified atom stereocenters. The Kier molecular flexibility index (Phi) is 6.78. The lowest BCUT2D eigenvalue weighted by Gasteiger charge is -2.22. The Labute approximate surface area is 113 Å². The first-order valence-corrected chi connectivity index (χ1v) is 5.94. The molecule has 0 aliphatic carbocycles. The third kappa shape index (κ3) is 4.68. The van der Waals surface area contributed by atoms with Gasteiger partial charge < -0.3 is 10.1 Å². The third-order valence-corrected chi connectivity index (χ3v) is 2.89. The van der Waals surface area contributed by atoms with E-state index in [1.54, 1.807) is 6.20 Å². The van der Waals surface area contributed by atoms with E-state index in [0.29, 0.717) is 18.2 Å². The van der Waals surface area contributed by atoms with Crippen LogP contribution in [0.3, 0.4) is 0 Å². The van der Waals surface area contributed by atoms with Gasteiger partial charge >= 0.3 is 0 Å². The van der Waals surface area contributed by atoms with Crippen LogP contribution >= 0.6 is 12.4 Å². The molecule has 1 N–H and O–H groups in total. The largest absolute Gasteiger partial charge is 0.373 e. The summed E-state index contributed by atoms with van der Waals surface area (Å²) < 4.78 is 5.44. The van der Waals surface area contributed by atoms with Crippen molar-refractivity contribution < 1.29 is 9.53 Å². The molecule has 0 radical (unpaired) electrons. The molecule has 0 aromatic carbocycles.